The molecule has 2 amide bonds. The summed E-state index contributed by atoms with van der Waals surface area (Å²) in [6.45, 7) is 3.25. The van der Waals surface area contributed by atoms with Crippen molar-refractivity contribution in [3.05, 3.63) is 34.4 Å². The van der Waals surface area contributed by atoms with Crippen LogP contribution in [-0.4, -0.2) is 62.3 Å². The number of nitrogens with zero attached hydrogens (tertiary/aromatic N) is 1. The summed E-state index contributed by atoms with van der Waals surface area (Å²) in [7, 11) is 0. The van der Waals surface area contributed by atoms with E-state index in [0.29, 0.717) is 52.7 Å². The lowest BCUT2D eigenvalue weighted by Crippen LogP contribution is -2.36. The molecule has 0 atom stereocenters. The van der Waals surface area contributed by atoms with Crippen LogP contribution in [0.1, 0.15) is 38.8 Å². The average Bonchev–Trinajstić information content (AvgIpc) is 2.92. The molecule has 1 aliphatic heterocycles. The summed E-state index contributed by atoms with van der Waals surface area (Å²) in [4.78, 5) is 38.3. The highest BCUT2D eigenvalue weighted by molar-refractivity contribution is 9.08. The Morgan fingerprint density at radius 3 is 1.96 bits per heavy atom. The van der Waals surface area contributed by atoms with Gasteiger partial charge in [0.1, 0.15) is 13.2 Å². The summed E-state index contributed by atoms with van der Waals surface area (Å²) >= 11 is 6.66. The topological polar surface area (TPSA) is 82.1 Å². The molecule has 0 spiro atoms. The summed E-state index contributed by atoms with van der Waals surface area (Å²) in [5, 5.41) is 0.878. The summed E-state index contributed by atoms with van der Waals surface area (Å²) in [6, 6.07) is 3.60. The van der Waals surface area contributed by atoms with Crippen LogP contribution in [0.25, 0.3) is 0 Å². The molecule has 0 radical (unpaired) electrons. The van der Waals surface area contributed by atoms with E-state index >= 15 is 0 Å². The molecule has 9 heteroatoms. The molecule has 2 rings (SSSR count). The van der Waals surface area contributed by atoms with Crippen LogP contribution in [0.5, 0.6) is 0 Å². The first-order valence-electron chi connectivity index (χ1n) is 8.49. The molecule has 0 saturated carbocycles. The number of benzene rings is 1. The lowest BCUT2D eigenvalue weighted by atomic mass is 9.99. The van der Waals surface area contributed by atoms with Crippen molar-refractivity contribution in [1.29, 1.82) is 0 Å². The van der Waals surface area contributed by atoms with Crippen molar-refractivity contribution in [2.45, 2.75) is 17.6 Å². The van der Waals surface area contributed by atoms with Crippen LogP contribution in [0.4, 0.5) is 0 Å². The molecule has 1 aromatic rings. The van der Waals surface area contributed by atoms with Gasteiger partial charge in [0.25, 0.3) is 11.8 Å². The van der Waals surface area contributed by atoms with Crippen molar-refractivity contribution < 1.29 is 28.6 Å². The molecule has 7 nitrogen and oxygen atoms in total. The number of hydrogen-bond acceptors (Lipinski definition) is 6. The second-order valence-electron chi connectivity index (χ2n) is 5.63. The van der Waals surface area contributed by atoms with Gasteiger partial charge in [0.15, 0.2) is 0 Å². The van der Waals surface area contributed by atoms with Crippen molar-refractivity contribution >= 4 is 49.6 Å². The number of imide groups is 1. The molecule has 0 N–H and O–H groups in total. The maximum Gasteiger partial charge on any atom is 0.326 e. The Kier molecular flexibility index (Phi) is 8.88. The van der Waals surface area contributed by atoms with Gasteiger partial charge in [-0.2, -0.15) is 0 Å². The molecule has 1 aromatic carbocycles. The standard InChI is InChI=1S/C18H21Br2NO6/c1-2-25-5-6-26-7-8-27-14(22)11-21-17(23)15-12(9-19)3-4-13(10-20)16(15)18(21)24/h3-4H,2,5-11H2,1H3. The van der Waals surface area contributed by atoms with Crippen molar-refractivity contribution in [3.63, 3.8) is 0 Å². The summed E-state index contributed by atoms with van der Waals surface area (Å²) in [5.41, 5.74) is 2.12. The number of halogens is 2. The zero-order valence-electron chi connectivity index (χ0n) is 15.0. The van der Waals surface area contributed by atoms with Crippen molar-refractivity contribution in [2.75, 3.05) is 39.6 Å². The Morgan fingerprint density at radius 2 is 1.44 bits per heavy atom. The molecule has 0 bridgehead atoms. The smallest absolute Gasteiger partial charge is 0.326 e. The van der Waals surface area contributed by atoms with E-state index in [1.807, 2.05) is 6.92 Å². The van der Waals surface area contributed by atoms with Crippen LogP contribution in [0.3, 0.4) is 0 Å². The minimum atomic E-state index is -0.654. The monoisotopic (exact) mass is 505 g/mol. The molecule has 0 saturated heterocycles. The van der Waals surface area contributed by atoms with Crippen LogP contribution >= 0.6 is 31.9 Å². The van der Waals surface area contributed by atoms with Gasteiger partial charge in [-0.15, -0.1) is 0 Å². The minimum absolute atomic E-state index is 0.0490. The molecular formula is C18H21Br2NO6. The highest BCUT2D eigenvalue weighted by Crippen LogP contribution is 2.31. The van der Waals surface area contributed by atoms with Crippen molar-refractivity contribution in [1.82, 2.24) is 4.90 Å². The van der Waals surface area contributed by atoms with E-state index in [1.165, 1.54) is 0 Å². The van der Waals surface area contributed by atoms with Crippen LogP contribution in [0, 0.1) is 0 Å². The van der Waals surface area contributed by atoms with E-state index in [4.69, 9.17) is 14.2 Å². The van der Waals surface area contributed by atoms with Crippen LogP contribution in [0.15, 0.2) is 12.1 Å². The van der Waals surface area contributed by atoms with E-state index in [1.54, 1.807) is 12.1 Å². The maximum absolute atomic E-state index is 12.7. The molecule has 0 aromatic heterocycles. The van der Waals surface area contributed by atoms with Crippen LogP contribution in [0.2, 0.25) is 0 Å². The number of amides is 2. The minimum Gasteiger partial charge on any atom is -0.462 e. The first kappa shape index (κ1) is 22.0. The van der Waals surface area contributed by atoms with Gasteiger partial charge < -0.3 is 14.2 Å². The predicted molar refractivity (Wildman–Crippen MR) is 105 cm³/mol. The number of alkyl halides is 2. The summed E-state index contributed by atoms with van der Waals surface area (Å²) in [6.07, 6.45) is 0. The zero-order chi connectivity index (χ0) is 19.8. The Labute approximate surface area is 174 Å². The van der Waals surface area contributed by atoms with Gasteiger partial charge >= 0.3 is 5.97 Å². The number of fused-ring (bicyclic) bond motifs is 1. The molecular weight excluding hydrogens is 486 g/mol. The average molecular weight is 507 g/mol. The predicted octanol–water partition coefficient (Wildman–Crippen LogP) is 2.67. The first-order chi connectivity index (χ1) is 13.0. The fourth-order valence-corrected chi connectivity index (χ4v) is 3.59. The molecule has 0 aliphatic carbocycles. The largest absolute Gasteiger partial charge is 0.462 e. The Hall–Kier alpha value is -1.29. The van der Waals surface area contributed by atoms with E-state index < -0.39 is 24.3 Å². The summed E-state index contributed by atoms with van der Waals surface area (Å²) < 4.78 is 15.4. The van der Waals surface area contributed by atoms with E-state index in [9.17, 15) is 14.4 Å². The highest BCUT2D eigenvalue weighted by Gasteiger charge is 2.40. The molecule has 148 valence electrons. The fraction of sp³-hybridized carbons (Fsp3) is 0.500. The third kappa shape index (κ3) is 5.37. The van der Waals surface area contributed by atoms with Gasteiger partial charge in [0.2, 0.25) is 0 Å². The molecule has 1 aliphatic rings. The second-order valence-corrected chi connectivity index (χ2v) is 6.75. The van der Waals surface area contributed by atoms with Gasteiger partial charge in [0, 0.05) is 17.3 Å². The Morgan fingerprint density at radius 1 is 0.926 bits per heavy atom. The second kappa shape index (κ2) is 10.9. The number of esters is 1. The highest BCUT2D eigenvalue weighted by atomic mass is 79.9. The normalized spacial score (nSPS) is 13.2. The van der Waals surface area contributed by atoms with E-state index in [0.717, 1.165) is 4.90 Å². The first-order valence-corrected chi connectivity index (χ1v) is 10.7. The van der Waals surface area contributed by atoms with Crippen molar-refractivity contribution in [2.24, 2.45) is 0 Å². The number of hydrogen-bond donors (Lipinski definition) is 0. The number of carbonyl (C=O) groups excluding carboxylic acids is 3. The third-order valence-corrected chi connectivity index (χ3v) is 5.15. The van der Waals surface area contributed by atoms with Gasteiger partial charge in [-0.05, 0) is 18.1 Å². The molecule has 0 fully saturated rings. The quantitative estimate of drug-likeness (QED) is 0.198. The molecule has 1 heterocycles. The lowest BCUT2D eigenvalue weighted by Gasteiger charge is -2.13. The molecule has 0 unspecified atom stereocenters. The van der Waals surface area contributed by atoms with E-state index in [2.05, 4.69) is 31.9 Å². The SMILES string of the molecule is CCOCCOCCOC(=O)CN1C(=O)c2c(CBr)ccc(CBr)c2C1=O. The summed E-state index contributed by atoms with van der Waals surface area (Å²) in [5.74, 6) is -1.60. The van der Waals surface area contributed by atoms with Crippen LogP contribution in [-0.2, 0) is 29.7 Å². The molecule has 27 heavy (non-hydrogen) atoms. The Balaban J connectivity index is 1.93. The maximum atomic E-state index is 12.7. The van der Waals surface area contributed by atoms with Gasteiger partial charge in [-0.25, -0.2) is 0 Å². The third-order valence-electron chi connectivity index (χ3n) is 3.94. The number of rotatable bonds is 11. The Bertz CT molecular complexity index is 666. The van der Waals surface area contributed by atoms with Gasteiger partial charge in [0.05, 0.1) is 30.9 Å². The fourth-order valence-electron chi connectivity index (χ4n) is 2.66. The zero-order valence-corrected chi connectivity index (χ0v) is 18.1. The number of carbonyl (C=O) groups is 3. The lowest BCUT2D eigenvalue weighted by molar-refractivity contribution is -0.145. The van der Waals surface area contributed by atoms with E-state index in [-0.39, 0.29) is 13.2 Å². The van der Waals surface area contributed by atoms with Crippen LogP contribution < -0.4 is 0 Å². The number of ether oxygens (including phenoxy) is 3. The van der Waals surface area contributed by atoms with Gasteiger partial charge in [-0.1, -0.05) is 44.0 Å². The van der Waals surface area contributed by atoms with Crippen molar-refractivity contribution in [3.8, 4) is 0 Å². The van der Waals surface area contributed by atoms with Gasteiger partial charge in [-0.3, -0.25) is 19.3 Å².